The summed E-state index contributed by atoms with van der Waals surface area (Å²) in [5.41, 5.74) is 0.885. The molecule has 26 heavy (non-hydrogen) atoms. The summed E-state index contributed by atoms with van der Waals surface area (Å²) < 4.78 is 45.3. The first kappa shape index (κ1) is 19.2. The third kappa shape index (κ3) is 3.59. The number of hydrogen-bond acceptors (Lipinski definition) is 3. The number of halogens is 4. The molecule has 2 aromatic heterocycles. The molecule has 0 N–H and O–H groups in total. The molecular formula is C17H8BrF3N3NaO. The van der Waals surface area contributed by atoms with E-state index in [1.54, 1.807) is 30.3 Å². The van der Waals surface area contributed by atoms with Crippen LogP contribution in [0.1, 0.15) is 5.56 Å². The number of benzene rings is 2. The van der Waals surface area contributed by atoms with E-state index in [-0.39, 0.29) is 35.1 Å². The summed E-state index contributed by atoms with van der Waals surface area (Å²) in [6.45, 7) is 0. The van der Waals surface area contributed by atoms with E-state index < -0.39 is 11.7 Å². The van der Waals surface area contributed by atoms with E-state index in [2.05, 4.69) is 31.1 Å². The summed E-state index contributed by atoms with van der Waals surface area (Å²) in [5.74, 6) is 0.703. The average Bonchev–Trinajstić information content (AvgIpc) is 3.19. The normalized spacial score (nSPS) is 11.5. The molecule has 0 amide bonds. The zero-order valence-electron chi connectivity index (χ0n) is 13.4. The SMILES string of the molecule is FC(F)(F)c1ccccc1-c1ccc2[n-]c(-c3cc(Br)no3)nc2c1.[Na+]. The third-order valence-electron chi connectivity index (χ3n) is 3.67. The second-order valence-corrected chi connectivity index (χ2v) is 6.12. The first-order valence-electron chi connectivity index (χ1n) is 7.15. The minimum absolute atomic E-state index is 0. The Kier molecular flexibility index (Phi) is 5.30. The summed E-state index contributed by atoms with van der Waals surface area (Å²) >= 11 is 3.18. The Bertz CT molecular complexity index is 1070. The van der Waals surface area contributed by atoms with Crippen molar-refractivity contribution in [3.05, 3.63) is 58.7 Å². The first-order valence-corrected chi connectivity index (χ1v) is 7.95. The summed E-state index contributed by atoms with van der Waals surface area (Å²) in [7, 11) is 0. The fraction of sp³-hybridized carbons (Fsp3) is 0.0588. The Labute approximate surface area is 176 Å². The van der Waals surface area contributed by atoms with Crippen molar-refractivity contribution >= 4 is 27.0 Å². The van der Waals surface area contributed by atoms with Gasteiger partial charge in [0, 0.05) is 6.07 Å². The van der Waals surface area contributed by atoms with Gasteiger partial charge in [-0.2, -0.15) is 13.2 Å². The van der Waals surface area contributed by atoms with Gasteiger partial charge in [-0.1, -0.05) is 41.6 Å². The first-order chi connectivity index (χ1) is 11.9. The third-order valence-corrected chi connectivity index (χ3v) is 4.05. The largest absolute Gasteiger partial charge is 1.00 e. The quantitative estimate of drug-likeness (QED) is 0.459. The predicted octanol–water partition coefficient (Wildman–Crippen LogP) is 2.30. The van der Waals surface area contributed by atoms with E-state index in [0.717, 1.165) is 6.07 Å². The van der Waals surface area contributed by atoms with Crippen LogP contribution in [0, 0.1) is 0 Å². The predicted molar refractivity (Wildman–Crippen MR) is 88.7 cm³/mol. The smallest absolute Gasteiger partial charge is 0.433 e. The van der Waals surface area contributed by atoms with Crippen LogP contribution in [0.15, 0.2) is 57.7 Å². The van der Waals surface area contributed by atoms with Crippen LogP contribution in [0.25, 0.3) is 33.7 Å². The minimum atomic E-state index is -4.43. The Morgan fingerprint density at radius 2 is 1.81 bits per heavy atom. The number of rotatable bonds is 2. The molecular weight excluding hydrogens is 422 g/mol. The van der Waals surface area contributed by atoms with Crippen LogP contribution in [0.4, 0.5) is 13.2 Å². The van der Waals surface area contributed by atoms with Crippen LogP contribution < -0.4 is 34.5 Å². The second kappa shape index (κ2) is 7.19. The van der Waals surface area contributed by atoms with Gasteiger partial charge in [0.2, 0.25) is 0 Å². The van der Waals surface area contributed by atoms with Gasteiger partial charge in [-0.15, -0.1) is 0 Å². The van der Waals surface area contributed by atoms with Crippen molar-refractivity contribution in [3.8, 4) is 22.7 Å². The summed E-state index contributed by atoms with van der Waals surface area (Å²) in [6, 6.07) is 11.9. The van der Waals surface area contributed by atoms with Gasteiger partial charge in [0.1, 0.15) is 4.60 Å². The molecule has 0 unspecified atom stereocenters. The maximum absolute atomic E-state index is 13.2. The maximum atomic E-state index is 13.2. The molecule has 0 aliphatic carbocycles. The van der Waals surface area contributed by atoms with E-state index >= 15 is 0 Å². The van der Waals surface area contributed by atoms with Gasteiger partial charge >= 0.3 is 35.7 Å². The molecule has 126 valence electrons. The Morgan fingerprint density at radius 1 is 1.04 bits per heavy atom. The van der Waals surface area contributed by atoms with Gasteiger partial charge in [0.15, 0.2) is 5.76 Å². The number of aromatic nitrogens is 3. The number of hydrogen-bond donors (Lipinski definition) is 0. The fourth-order valence-corrected chi connectivity index (χ4v) is 2.86. The van der Waals surface area contributed by atoms with Crippen LogP contribution in [0.2, 0.25) is 0 Å². The number of imidazole rings is 1. The molecule has 4 rings (SSSR count). The van der Waals surface area contributed by atoms with Crippen LogP contribution in [0.3, 0.4) is 0 Å². The summed E-state index contributed by atoms with van der Waals surface area (Å²) in [6.07, 6.45) is -4.43. The van der Waals surface area contributed by atoms with Gasteiger partial charge in [0.05, 0.1) is 5.56 Å². The molecule has 0 saturated carbocycles. The Balaban J connectivity index is 0.00000196. The average molecular weight is 430 g/mol. The van der Waals surface area contributed by atoms with Crippen LogP contribution in [-0.4, -0.2) is 10.1 Å². The van der Waals surface area contributed by atoms with Gasteiger partial charge in [0.25, 0.3) is 0 Å². The molecule has 0 fully saturated rings. The molecule has 9 heteroatoms. The number of fused-ring (bicyclic) bond motifs is 1. The van der Waals surface area contributed by atoms with Crippen molar-refractivity contribution in [1.82, 2.24) is 15.1 Å². The van der Waals surface area contributed by atoms with Gasteiger partial charge in [-0.05, 0) is 50.0 Å². The minimum Gasteiger partial charge on any atom is -0.433 e. The van der Waals surface area contributed by atoms with E-state index in [9.17, 15) is 13.2 Å². The van der Waals surface area contributed by atoms with E-state index in [1.807, 2.05) is 0 Å². The summed E-state index contributed by atoms with van der Waals surface area (Å²) in [5, 5.41) is 3.70. The van der Waals surface area contributed by atoms with Crippen LogP contribution in [-0.2, 0) is 6.18 Å². The van der Waals surface area contributed by atoms with Crippen molar-refractivity contribution in [1.29, 1.82) is 0 Å². The van der Waals surface area contributed by atoms with Crippen LogP contribution >= 0.6 is 15.9 Å². The molecule has 4 aromatic rings. The molecule has 2 heterocycles. The molecule has 0 aliphatic heterocycles. The molecule has 0 radical (unpaired) electrons. The molecule has 0 bridgehead atoms. The Hall–Kier alpha value is -1.61. The van der Waals surface area contributed by atoms with Crippen LogP contribution in [0.5, 0.6) is 0 Å². The fourth-order valence-electron chi connectivity index (χ4n) is 2.58. The van der Waals surface area contributed by atoms with Gasteiger partial charge in [-0.3, -0.25) is 0 Å². The molecule has 0 aliphatic rings. The second-order valence-electron chi connectivity index (χ2n) is 5.31. The monoisotopic (exact) mass is 429 g/mol. The van der Waals surface area contributed by atoms with Crippen molar-refractivity contribution in [2.75, 3.05) is 0 Å². The number of alkyl halides is 3. The van der Waals surface area contributed by atoms with Crippen molar-refractivity contribution in [3.63, 3.8) is 0 Å². The van der Waals surface area contributed by atoms with Gasteiger partial charge in [-0.25, -0.2) is 0 Å². The number of nitrogens with zero attached hydrogens (tertiary/aromatic N) is 3. The van der Waals surface area contributed by atoms with Crippen molar-refractivity contribution < 1.29 is 47.3 Å². The molecule has 2 aromatic carbocycles. The summed E-state index contributed by atoms with van der Waals surface area (Å²) in [4.78, 5) is 8.64. The molecule has 0 spiro atoms. The molecule has 0 atom stereocenters. The van der Waals surface area contributed by atoms with E-state index in [0.29, 0.717) is 32.8 Å². The molecule has 0 saturated heterocycles. The zero-order valence-corrected chi connectivity index (χ0v) is 17.0. The molecule has 4 nitrogen and oxygen atoms in total. The standard InChI is InChI=1S/C17H8BrF3N3O.Na/c18-15-8-14(25-24-15)16-22-12-6-5-9(7-13(12)23-16)10-3-1-2-4-11(10)17(19,20)21;/h1-8H;/q-1;+1. The maximum Gasteiger partial charge on any atom is 1.00 e. The zero-order chi connectivity index (χ0) is 17.6. The van der Waals surface area contributed by atoms with Crippen molar-refractivity contribution in [2.45, 2.75) is 6.18 Å². The van der Waals surface area contributed by atoms with E-state index in [4.69, 9.17) is 4.52 Å². The van der Waals surface area contributed by atoms with E-state index in [1.165, 1.54) is 12.1 Å². The topological polar surface area (TPSA) is 53.0 Å². The van der Waals surface area contributed by atoms with Crippen molar-refractivity contribution in [2.24, 2.45) is 0 Å². The Morgan fingerprint density at radius 3 is 2.50 bits per heavy atom. The van der Waals surface area contributed by atoms with Gasteiger partial charge < -0.3 is 14.5 Å².